The van der Waals surface area contributed by atoms with Gasteiger partial charge < -0.3 is 36.1 Å². The van der Waals surface area contributed by atoms with Crippen LogP contribution in [0.3, 0.4) is 0 Å². The van der Waals surface area contributed by atoms with E-state index in [0.29, 0.717) is 34.1 Å². The number of amides is 1. The van der Waals surface area contributed by atoms with Crippen LogP contribution >= 0.6 is 0 Å². The number of nitrogens with zero attached hydrogens (tertiary/aromatic N) is 4. The first-order valence-electron chi connectivity index (χ1n) is 13.2. The van der Waals surface area contributed by atoms with Crippen molar-refractivity contribution in [1.29, 1.82) is 0 Å². The third kappa shape index (κ3) is 6.45. The first kappa shape index (κ1) is 28.1. The molecule has 0 saturated carbocycles. The van der Waals surface area contributed by atoms with Crippen molar-refractivity contribution in [2.75, 3.05) is 35.7 Å². The minimum Gasteiger partial charge on any atom is -0.445 e. The summed E-state index contributed by atoms with van der Waals surface area (Å²) in [5.41, 5.74) is 23.3. The van der Waals surface area contributed by atoms with Gasteiger partial charge in [-0.25, -0.2) is 19.9 Å². The molecule has 6 aromatic rings. The SMILES string of the molecule is C1CCOC1.CC(=O)Nc1ccc(-c2coc3ncnc(N)c23)cc1.Nc1ccc(-c2coc3ncnc(N)c23)cc1. The molecule has 42 heavy (non-hydrogen) atoms. The van der Waals surface area contributed by atoms with Crippen molar-refractivity contribution in [3.8, 4) is 22.3 Å². The second-order valence-electron chi connectivity index (χ2n) is 9.38. The monoisotopic (exact) mass is 566 g/mol. The molecule has 4 aromatic heterocycles. The predicted molar refractivity (Wildman–Crippen MR) is 162 cm³/mol. The fraction of sp³-hybridized carbons (Fsp3) is 0.167. The molecule has 7 N–H and O–H groups in total. The minimum atomic E-state index is -0.107. The number of nitrogens with two attached hydrogens (primary N) is 3. The van der Waals surface area contributed by atoms with Crippen LogP contribution in [0.2, 0.25) is 0 Å². The van der Waals surface area contributed by atoms with Crippen molar-refractivity contribution in [2.45, 2.75) is 19.8 Å². The van der Waals surface area contributed by atoms with Crippen molar-refractivity contribution in [3.05, 3.63) is 73.7 Å². The third-order valence-electron chi connectivity index (χ3n) is 6.36. The summed E-state index contributed by atoms with van der Waals surface area (Å²) in [5.74, 6) is 0.685. The molecule has 0 unspecified atom stereocenters. The van der Waals surface area contributed by atoms with Crippen LogP contribution in [0.4, 0.5) is 23.0 Å². The van der Waals surface area contributed by atoms with Crippen molar-refractivity contribution in [2.24, 2.45) is 0 Å². The Hall–Kier alpha value is -5.49. The van der Waals surface area contributed by atoms with Gasteiger partial charge in [-0.15, -0.1) is 0 Å². The van der Waals surface area contributed by atoms with E-state index in [1.165, 1.54) is 32.4 Å². The highest BCUT2D eigenvalue weighted by molar-refractivity contribution is 6.00. The highest BCUT2D eigenvalue weighted by atomic mass is 16.5. The summed E-state index contributed by atoms with van der Waals surface area (Å²) in [7, 11) is 0. The molecule has 1 saturated heterocycles. The Labute approximate surface area is 240 Å². The van der Waals surface area contributed by atoms with Crippen LogP contribution in [-0.2, 0) is 9.53 Å². The smallest absolute Gasteiger partial charge is 0.231 e. The van der Waals surface area contributed by atoms with Crippen LogP contribution in [0.15, 0.2) is 82.5 Å². The van der Waals surface area contributed by atoms with Crippen LogP contribution in [0.25, 0.3) is 44.5 Å². The van der Waals surface area contributed by atoms with E-state index in [2.05, 4.69) is 25.3 Å². The van der Waals surface area contributed by atoms with Gasteiger partial charge in [0.15, 0.2) is 0 Å². The van der Waals surface area contributed by atoms with Crippen molar-refractivity contribution < 1.29 is 18.4 Å². The minimum absolute atomic E-state index is 0.107. The Bertz CT molecular complexity index is 1790. The fourth-order valence-electron chi connectivity index (χ4n) is 4.33. The van der Waals surface area contributed by atoms with Crippen LogP contribution in [0.1, 0.15) is 19.8 Å². The van der Waals surface area contributed by atoms with Gasteiger partial charge in [0.2, 0.25) is 17.3 Å². The zero-order valence-corrected chi connectivity index (χ0v) is 22.9. The number of nitrogen functional groups attached to an aromatic ring is 3. The molecular weight excluding hydrogens is 536 g/mol. The van der Waals surface area contributed by atoms with E-state index >= 15 is 0 Å². The van der Waals surface area contributed by atoms with Gasteiger partial charge >= 0.3 is 0 Å². The van der Waals surface area contributed by atoms with Gasteiger partial charge in [0.05, 0.1) is 10.8 Å². The van der Waals surface area contributed by atoms with E-state index in [-0.39, 0.29) is 5.91 Å². The Balaban J connectivity index is 0.000000145. The van der Waals surface area contributed by atoms with E-state index in [9.17, 15) is 4.79 Å². The first-order chi connectivity index (χ1) is 20.4. The Morgan fingerprint density at radius 2 is 1.19 bits per heavy atom. The van der Waals surface area contributed by atoms with Gasteiger partial charge in [-0.3, -0.25) is 4.79 Å². The van der Waals surface area contributed by atoms with E-state index in [1.807, 2.05) is 48.5 Å². The highest BCUT2D eigenvalue weighted by Crippen LogP contribution is 2.33. The van der Waals surface area contributed by atoms with Gasteiger partial charge in [-0.2, -0.15) is 0 Å². The van der Waals surface area contributed by atoms with E-state index < -0.39 is 0 Å². The number of anilines is 4. The zero-order valence-electron chi connectivity index (χ0n) is 22.9. The third-order valence-corrected chi connectivity index (χ3v) is 6.36. The number of carbonyl (C=O) groups is 1. The molecule has 0 radical (unpaired) electrons. The van der Waals surface area contributed by atoms with Gasteiger partial charge in [0, 0.05) is 42.6 Å². The maximum Gasteiger partial charge on any atom is 0.231 e. The number of furan rings is 2. The molecule has 0 spiro atoms. The summed E-state index contributed by atoms with van der Waals surface area (Å²) in [5, 5.41) is 4.14. The normalized spacial score (nSPS) is 12.3. The van der Waals surface area contributed by atoms with Gasteiger partial charge in [-0.05, 0) is 48.2 Å². The summed E-state index contributed by atoms with van der Waals surface area (Å²) in [4.78, 5) is 27.0. The molecule has 2 aromatic carbocycles. The molecule has 1 fully saturated rings. The Morgan fingerprint density at radius 1 is 0.714 bits per heavy atom. The number of fused-ring (bicyclic) bond motifs is 2. The van der Waals surface area contributed by atoms with Crippen molar-refractivity contribution in [3.63, 3.8) is 0 Å². The highest BCUT2D eigenvalue weighted by Gasteiger charge is 2.14. The quantitative estimate of drug-likeness (QED) is 0.203. The van der Waals surface area contributed by atoms with Gasteiger partial charge in [-0.1, -0.05) is 24.3 Å². The largest absolute Gasteiger partial charge is 0.445 e. The number of hydrogen-bond acceptors (Lipinski definition) is 11. The fourth-order valence-corrected chi connectivity index (χ4v) is 4.33. The van der Waals surface area contributed by atoms with E-state index in [1.54, 1.807) is 12.5 Å². The number of hydrogen-bond donors (Lipinski definition) is 4. The van der Waals surface area contributed by atoms with E-state index in [0.717, 1.165) is 46.5 Å². The predicted octanol–water partition coefficient (Wildman–Crippen LogP) is 5.28. The summed E-state index contributed by atoms with van der Waals surface area (Å²) in [6.07, 6.45) is 8.53. The topological polar surface area (TPSA) is 194 Å². The molecule has 5 heterocycles. The lowest BCUT2D eigenvalue weighted by atomic mass is 10.1. The second-order valence-corrected chi connectivity index (χ2v) is 9.38. The number of carbonyl (C=O) groups excluding carboxylic acids is 1. The maximum atomic E-state index is 11.0. The first-order valence-corrected chi connectivity index (χ1v) is 13.2. The molecule has 7 rings (SSSR count). The van der Waals surface area contributed by atoms with Crippen molar-refractivity contribution >= 4 is 51.1 Å². The standard InChI is InChI=1S/C14H12N4O2.C12H10N4O.C4H8O/c1-8(19)18-10-4-2-9(3-5-10)11-6-20-14-12(11)13(15)16-7-17-14;13-8-3-1-7(2-4-8)9-5-17-12-10(9)11(14)15-6-16-12;1-2-4-5-3-1/h2-7H,1H3,(H,18,19)(H2,15,16,17);1-6H,13H2,(H2,14,15,16);1-4H2. The number of ether oxygens (including phenoxy) is 1. The molecule has 214 valence electrons. The summed E-state index contributed by atoms with van der Waals surface area (Å²) in [6.45, 7) is 3.47. The average molecular weight is 567 g/mol. The van der Waals surface area contributed by atoms with Crippen LogP contribution < -0.4 is 22.5 Å². The average Bonchev–Trinajstić information content (AvgIpc) is 3.77. The number of rotatable bonds is 3. The molecule has 1 amide bonds. The Kier molecular flexibility index (Phi) is 8.54. The Morgan fingerprint density at radius 3 is 1.62 bits per heavy atom. The lowest BCUT2D eigenvalue weighted by molar-refractivity contribution is -0.114. The lowest BCUT2D eigenvalue weighted by Gasteiger charge is -2.04. The van der Waals surface area contributed by atoms with Crippen LogP contribution in [0.5, 0.6) is 0 Å². The van der Waals surface area contributed by atoms with Crippen LogP contribution in [0, 0.1) is 0 Å². The van der Waals surface area contributed by atoms with Gasteiger partial charge in [0.1, 0.15) is 36.8 Å². The molecule has 1 aliphatic heterocycles. The summed E-state index contributed by atoms with van der Waals surface area (Å²) >= 11 is 0. The molecule has 0 atom stereocenters. The molecular formula is C30H30N8O4. The molecule has 12 heteroatoms. The van der Waals surface area contributed by atoms with Gasteiger partial charge in [0.25, 0.3) is 0 Å². The van der Waals surface area contributed by atoms with E-state index in [4.69, 9.17) is 30.8 Å². The lowest BCUT2D eigenvalue weighted by Crippen LogP contribution is -2.05. The zero-order chi connectivity index (χ0) is 29.5. The molecule has 0 bridgehead atoms. The number of nitrogens with one attached hydrogen (secondary N) is 1. The maximum absolute atomic E-state index is 11.0. The number of benzene rings is 2. The van der Waals surface area contributed by atoms with Crippen molar-refractivity contribution in [1.82, 2.24) is 19.9 Å². The molecule has 12 nitrogen and oxygen atoms in total. The van der Waals surface area contributed by atoms with Crippen LogP contribution in [-0.4, -0.2) is 39.1 Å². The molecule has 0 aliphatic carbocycles. The number of aromatic nitrogens is 4. The second kappa shape index (κ2) is 12.8. The summed E-state index contributed by atoms with van der Waals surface area (Å²) < 4.78 is 15.7. The molecule has 1 aliphatic rings. The summed E-state index contributed by atoms with van der Waals surface area (Å²) in [6, 6.07) is 14.9.